The molecule has 6 nitrogen and oxygen atoms in total. The Morgan fingerprint density at radius 3 is 2.83 bits per heavy atom. The molecule has 1 N–H and O–H groups in total. The van der Waals surface area contributed by atoms with Crippen molar-refractivity contribution < 1.29 is 22.1 Å². The third kappa shape index (κ3) is 4.08. The van der Waals surface area contributed by atoms with Gasteiger partial charge in [0.05, 0.1) is 18.8 Å². The maximum atomic E-state index is 13.5. The van der Waals surface area contributed by atoms with E-state index in [-0.39, 0.29) is 17.2 Å². The summed E-state index contributed by atoms with van der Waals surface area (Å²) in [5.74, 6) is 0.350. The Bertz CT molecular complexity index is 800. The second-order valence-electron chi connectivity index (χ2n) is 5.60. The summed E-state index contributed by atoms with van der Waals surface area (Å²) in [7, 11) is -3.93. The molecule has 0 bridgehead atoms. The van der Waals surface area contributed by atoms with Crippen molar-refractivity contribution in [1.29, 1.82) is 0 Å². The van der Waals surface area contributed by atoms with Crippen LogP contribution < -0.4 is 9.46 Å². The molecule has 0 amide bonds. The van der Waals surface area contributed by atoms with E-state index in [9.17, 15) is 12.8 Å². The summed E-state index contributed by atoms with van der Waals surface area (Å²) in [5.41, 5.74) is 0.651. The first kappa shape index (κ1) is 15.9. The van der Waals surface area contributed by atoms with Gasteiger partial charge in [0.1, 0.15) is 16.5 Å². The van der Waals surface area contributed by atoms with Crippen molar-refractivity contribution in [2.45, 2.75) is 31.2 Å². The number of rotatable bonds is 7. The van der Waals surface area contributed by atoms with Gasteiger partial charge in [0.2, 0.25) is 10.0 Å². The van der Waals surface area contributed by atoms with Gasteiger partial charge in [0, 0.05) is 6.07 Å². The lowest BCUT2D eigenvalue weighted by molar-refractivity contribution is 0.291. The average Bonchev–Trinajstić information content (AvgIpc) is 3.25. The molecule has 1 aromatic carbocycles. The van der Waals surface area contributed by atoms with Crippen LogP contribution in [0.25, 0.3) is 0 Å². The maximum absolute atomic E-state index is 13.5. The molecular formula is C15H17FN2O4S. The number of ether oxygens (including phenoxy) is 1. The van der Waals surface area contributed by atoms with Gasteiger partial charge >= 0.3 is 0 Å². The van der Waals surface area contributed by atoms with E-state index in [4.69, 9.17) is 9.26 Å². The van der Waals surface area contributed by atoms with E-state index in [1.807, 2.05) is 0 Å². The van der Waals surface area contributed by atoms with E-state index in [0.29, 0.717) is 24.0 Å². The van der Waals surface area contributed by atoms with Crippen LogP contribution in [0.4, 0.5) is 4.39 Å². The van der Waals surface area contributed by atoms with E-state index >= 15 is 0 Å². The first-order valence-electron chi connectivity index (χ1n) is 7.28. The van der Waals surface area contributed by atoms with Gasteiger partial charge < -0.3 is 9.26 Å². The lowest BCUT2D eigenvalue weighted by atomic mass is 10.3. The van der Waals surface area contributed by atoms with Gasteiger partial charge in [-0.1, -0.05) is 5.16 Å². The summed E-state index contributed by atoms with van der Waals surface area (Å²) in [4.78, 5) is -0.214. The lowest BCUT2D eigenvalue weighted by Crippen LogP contribution is -2.24. The summed E-state index contributed by atoms with van der Waals surface area (Å²) in [5, 5.41) is 3.68. The molecule has 1 fully saturated rings. The van der Waals surface area contributed by atoms with Crippen molar-refractivity contribution in [2.75, 3.05) is 6.61 Å². The SMILES string of the molecule is Cc1cc(CNS(=O)(=O)c2cc(F)ccc2OCC2CC2)on1. The number of aryl methyl sites for hydroxylation is 1. The first-order valence-corrected chi connectivity index (χ1v) is 8.76. The second kappa shape index (κ2) is 6.29. The minimum Gasteiger partial charge on any atom is -0.492 e. The van der Waals surface area contributed by atoms with E-state index in [1.165, 1.54) is 12.1 Å². The highest BCUT2D eigenvalue weighted by Gasteiger charge is 2.25. The normalized spacial score (nSPS) is 14.9. The third-order valence-corrected chi connectivity index (χ3v) is 4.90. The molecule has 1 saturated carbocycles. The van der Waals surface area contributed by atoms with Crippen molar-refractivity contribution in [1.82, 2.24) is 9.88 Å². The van der Waals surface area contributed by atoms with Crippen LogP contribution in [0.1, 0.15) is 24.3 Å². The van der Waals surface area contributed by atoms with Crippen LogP contribution in [0.5, 0.6) is 5.75 Å². The number of hydrogen-bond acceptors (Lipinski definition) is 5. The van der Waals surface area contributed by atoms with Gasteiger partial charge in [-0.05, 0) is 43.9 Å². The maximum Gasteiger partial charge on any atom is 0.244 e. The minimum atomic E-state index is -3.93. The molecule has 0 spiro atoms. The van der Waals surface area contributed by atoms with Crippen LogP contribution in [0, 0.1) is 18.7 Å². The number of sulfonamides is 1. The van der Waals surface area contributed by atoms with Crippen LogP contribution in [-0.2, 0) is 16.6 Å². The Labute approximate surface area is 133 Å². The van der Waals surface area contributed by atoms with Gasteiger partial charge in [0.25, 0.3) is 0 Å². The summed E-state index contributed by atoms with van der Waals surface area (Å²) in [6.45, 7) is 2.11. The summed E-state index contributed by atoms with van der Waals surface area (Å²) in [6, 6.07) is 5.10. The molecule has 1 heterocycles. The highest BCUT2D eigenvalue weighted by molar-refractivity contribution is 7.89. The Kier molecular flexibility index (Phi) is 4.36. The largest absolute Gasteiger partial charge is 0.492 e. The third-order valence-electron chi connectivity index (χ3n) is 3.48. The molecule has 124 valence electrons. The van der Waals surface area contributed by atoms with Gasteiger partial charge in [-0.3, -0.25) is 0 Å². The Balaban J connectivity index is 1.77. The van der Waals surface area contributed by atoms with Crippen molar-refractivity contribution in [2.24, 2.45) is 5.92 Å². The van der Waals surface area contributed by atoms with Crippen molar-refractivity contribution in [3.63, 3.8) is 0 Å². The Morgan fingerprint density at radius 1 is 1.39 bits per heavy atom. The van der Waals surface area contributed by atoms with Gasteiger partial charge in [-0.15, -0.1) is 0 Å². The van der Waals surface area contributed by atoms with Crippen LogP contribution >= 0.6 is 0 Å². The summed E-state index contributed by atoms with van der Waals surface area (Å²) in [6.07, 6.45) is 2.15. The van der Waals surface area contributed by atoms with Gasteiger partial charge in [-0.25, -0.2) is 17.5 Å². The predicted molar refractivity (Wildman–Crippen MR) is 79.9 cm³/mol. The van der Waals surface area contributed by atoms with E-state index in [1.54, 1.807) is 13.0 Å². The van der Waals surface area contributed by atoms with Crippen LogP contribution in [0.2, 0.25) is 0 Å². The molecule has 23 heavy (non-hydrogen) atoms. The fourth-order valence-corrected chi connectivity index (χ4v) is 3.19. The molecule has 1 aromatic heterocycles. The molecule has 2 aromatic rings. The minimum absolute atomic E-state index is 0.0677. The molecule has 8 heteroatoms. The molecular weight excluding hydrogens is 323 g/mol. The molecule has 0 unspecified atom stereocenters. The molecule has 0 aliphatic heterocycles. The summed E-state index contributed by atoms with van der Waals surface area (Å²) < 4.78 is 51.2. The van der Waals surface area contributed by atoms with Gasteiger partial charge in [0.15, 0.2) is 5.76 Å². The molecule has 3 rings (SSSR count). The van der Waals surface area contributed by atoms with Crippen LogP contribution in [0.15, 0.2) is 33.7 Å². The van der Waals surface area contributed by atoms with E-state index in [0.717, 1.165) is 18.9 Å². The van der Waals surface area contributed by atoms with Crippen LogP contribution in [-0.4, -0.2) is 20.2 Å². The highest BCUT2D eigenvalue weighted by atomic mass is 32.2. The zero-order valence-corrected chi connectivity index (χ0v) is 13.4. The fourth-order valence-electron chi connectivity index (χ4n) is 2.05. The zero-order valence-electron chi connectivity index (χ0n) is 12.6. The van der Waals surface area contributed by atoms with Gasteiger partial charge in [-0.2, -0.15) is 0 Å². The van der Waals surface area contributed by atoms with Crippen molar-refractivity contribution in [3.05, 3.63) is 41.5 Å². The first-order chi connectivity index (χ1) is 10.9. The predicted octanol–water partition coefficient (Wildman–Crippen LogP) is 2.39. The Hall–Kier alpha value is -1.93. The molecule has 0 atom stereocenters. The lowest BCUT2D eigenvalue weighted by Gasteiger charge is -2.12. The number of nitrogens with zero attached hydrogens (tertiary/aromatic N) is 1. The quantitative estimate of drug-likeness (QED) is 0.837. The highest BCUT2D eigenvalue weighted by Crippen LogP contribution is 2.31. The molecule has 0 saturated heterocycles. The van der Waals surface area contributed by atoms with E-state index in [2.05, 4.69) is 9.88 Å². The number of aromatic nitrogens is 1. The number of nitrogens with one attached hydrogen (secondary N) is 1. The number of halogens is 1. The number of hydrogen-bond donors (Lipinski definition) is 1. The Morgan fingerprint density at radius 2 is 2.17 bits per heavy atom. The van der Waals surface area contributed by atoms with Crippen molar-refractivity contribution >= 4 is 10.0 Å². The molecule has 0 radical (unpaired) electrons. The van der Waals surface area contributed by atoms with Crippen LogP contribution in [0.3, 0.4) is 0 Å². The summed E-state index contributed by atoms with van der Waals surface area (Å²) >= 11 is 0. The van der Waals surface area contributed by atoms with Crippen molar-refractivity contribution in [3.8, 4) is 5.75 Å². The molecule has 1 aliphatic carbocycles. The number of benzene rings is 1. The standard InChI is InChI=1S/C15H17FN2O4S/c1-10-6-13(22-18-10)8-17-23(19,20)15-7-12(16)4-5-14(15)21-9-11-2-3-11/h4-7,11,17H,2-3,8-9H2,1H3. The second-order valence-corrected chi connectivity index (χ2v) is 7.34. The smallest absolute Gasteiger partial charge is 0.244 e. The molecule has 1 aliphatic rings. The monoisotopic (exact) mass is 340 g/mol. The average molecular weight is 340 g/mol. The topological polar surface area (TPSA) is 81.4 Å². The van der Waals surface area contributed by atoms with E-state index < -0.39 is 15.8 Å². The fraction of sp³-hybridized carbons (Fsp3) is 0.400. The zero-order chi connectivity index (χ0) is 16.4.